The summed E-state index contributed by atoms with van der Waals surface area (Å²) in [6, 6.07) is 10.5. The normalized spacial score (nSPS) is 13.1. The number of aromatic nitrogens is 1. The van der Waals surface area contributed by atoms with Gasteiger partial charge in [-0.1, -0.05) is 26.0 Å². The third-order valence-electron chi connectivity index (χ3n) is 3.33. The molecule has 0 spiro atoms. The average Bonchev–Trinajstić information content (AvgIpc) is 2.56. The summed E-state index contributed by atoms with van der Waals surface area (Å²) in [7, 11) is 0. The highest BCUT2D eigenvalue weighted by Gasteiger charge is 2.25. The molecule has 0 saturated heterocycles. The first-order chi connectivity index (χ1) is 11.7. The molecule has 0 bridgehead atoms. The number of carbonyl (C=O) groups is 1. The Hall–Kier alpha value is -2.40. The van der Waals surface area contributed by atoms with Gasteiger partial charge in [0, 0.05) is 18.1 Å². The molecule has 1 aromatic heterocycles. The Morgan fingerprint density at radius 2 is 1.44 bits per heavy atom. The first-order valence-electron chi connectivity index (χ1n) is 8.42. The van der Waals surface area contributed by atoms with E-state index in [2.05, 4.69) is 10.3 Å². The summed E-state index contributed by atoms with van der Waals surface area (Å²) in [5.41, 5.74) is 0.398. The van der Waals surface area contributed by atoms with Crippen molar-refractivity contribution >= 4 is 11.8 Å². The van der Waals surface area contributed by atoms with E-state index in [4.69, 9.17) is 4.74 Å². The van der Waals surface area contributed by atoms with Crippen molar-refractivity contribution in [2.24, 2.45) is 0 Å². The Kier molecular flexibility index (Phi) is 7.12. The van der Waals surface area contributed by atoms with E-state index in [1.165, 1.54) is 0 Å². The molecule has 1 heterocycles. The maximum Gasteiger partial charge on any atom is 0.412 e. The van der Waals surface area contributed by atoms with Gasteiger partial charge < -0.3 is 9.84 Å². The Morgan fingerprint density at radius 1 is 0.960 bits per heavy atom. The van der Waals surface area contributed by atoms with Crippen LogP contribution in [0, 0.1) is 0 Å². The second kappa shape index (κ2) is 8.62. The number of benzene rings is 1. The van der Waals surface area contributed by atoms with Crippen LogP contribution in [0.25, 0.3) is 0 Å². The number of rotatable bonds is 3. The number of pyridine rings is 1. The van der Waals surface area contributed by atoms with Gasteiger partial charge in [-0.2, -0.15) is 0 Å². The van der Waals surface area contributed by atoms with E-state index in [0.717, 1.165) is 11.1 Å². The maximum atomic E-state index is 11.7. The predicted molar refractivity (Wildman–Crippen MR) is 101 cm³/mol. The topological polar surface area (TPSA) is 71.5 Å². The standard InChI is InChI=1S/C18H22N2O3.C2H6/c1-17(2,3)23-16(21)20-15-7-5-13(6-8-15)18(4,22)14-9-11-19-12-10-14;1-2/h5-12,22H,1-4H3,(H,20,21);1-2H3. The summed E-state index contributed by atoms with van der Waals surface area (Å²) in [6.07, 6.45) is 2.77. The lowest BCUT2D eigenvalue weighted by Crippen LogP contribution is -2.27. The van der Waals surface area contributed by atoms with E-state index < -0.39 is 17.3 Å². The number of nitrogens with zero attached hydrogens (tertiary/aromatic N) is 1. The van der Waals surface area contributed by atoms with Crippen LogP contribution in [0.5, 0.6) is 0 Å². The molecule has 1 aromatic carbocycles. The van der Waals surface area contributed by atoms with Crippen molar-refractivity contribution in [2.75, 3.05) is 5.32 Å². The van der Waals surface area contributed by atoms with E-state index in [1.54, 1.807) is 55.7 Å². The van der Waals surface area contributed by atoms with Crippen molar-refractivity contribution in [3.63, 3.8) is 0 Å². The molecule has 1 atom stereocenters. The van der Waals surface area contributed by atoms with Crippen LogP contribution in [0.4, 0.5) is 10.5 Å². The lowest BCUT2D eigenvalue weighted by molar-refractivity contribution is 0.0636. The molecule has 5 heteroatoms. The van der Waals surface area contributed by atoms with Crippen molar-refractivity contribution in [1.82, 2.24) is 4.98 Å². The van der Waals surface area contributed by atoms with Gasteiger partial charge in [0.15, 0.2) is 0 Å². The number of ether oxygens (including phenoxy) is 1. The molecule has 0 radical (unpaired) electrons. The lowest BCUT2D eigenvalue weighted by atomic mass is 9.89. The van der Waals surface area contributed by atoms with Gasteiger partial charge in [0.1, 0.15) is 11.2 Å². The number of nitrogens with one attached hydrogen (secondary N) is 1. The van der Waals surface area contributed by atoms with Crippen LogP contribution in [0.15, 0.2) is 48.8 Å². The smallest absolute Gasteiger partial charge is 0.412 e. The molecule has 25 heavy (non-hydrogen) atoms. The van der Waals surface area contributed by atoms with E-state index >= 15 is 0 Å². The molecule has 2 rings (SSSR count). The number of hydrogen-bond acceptors (Lipinski definition) is 4. The molecule has 0 fully saturated rings. The average molecular weight is 344 g/mol. The summed E-state index contributed by atoms with van der Waals surface area (Å²) >= 11 is 0. The van der Waals surface area contributed by atoms with Gasteiger partial charge in [-0.25, -0.2) is 4.79 Å². The van der Waals surface area contributed by atoms with Crippen LogP contribution in [0.3, 0.4) is 0 Å². The predicted octanol–water partition coefficient (Wildman–Crippen LogP) is 4.71. The first-order valence-corrected chi connectivity index (χ1v) is 8.42. The molecule has 5 nitrogen and oxygen atoms in total. The molecule has 2 aromatic rings. The number of carbonyl (C=O) groups excluding carboxylic acids is 1. The van der Waals surface area contributed by atoms with E-state index in [1.807, 2.05) is 34.6 Å². The van der Waals surface area contributed by atoms with Gasteiger partial charge in [0.2, 0.25) is 0 Å². The second-order valence-electron chi connectivity index (χ2n) is 6.51. The summed E-state index contributed by atoms with van der Waals surface area (Å²) in [5, 5.41) is 13.4. The number of anilines is 1. The van der Waals surface area contributed by atoms with E-state index in [0.29, 0.717) is 5.69 Å². The zero-order chi connectivity index (χ0) is 19.1. The Balaban J connectivity index is 0.00000151. The maximum absolute atomic E-state index is 11.7. The van der Waals surface area contributed by atoms with Crippen LogP contribution >= 0.6 is 0 Å². The summed E-state index contributed by atoms with van der Waals surface area (Å²) in [4.78, 5) is 15.7. The molecule has 1 amide bonds. The minimum atomic E-state index is -1.13. The molecule has 0 aliphatic carbocycles. The van der Waals surface area contributed by atoms with Gasteiger partial charge >= 0.3 is 6.09 Å². The molecular weight excluding hydrogens is 316 g/mol. The van der Waals surface area contributed by atoms with Gasteiger partial charge in [-0.3, -0.25) is 10.3 Å². The summed E-state index contributed by atoms with van der Waals surface area (Å²) in [6.45, 7) is 11.1. The Labute approximate surface area is 150 Å². The van der Waals surface area contributed by atoms with Gasteiger partial charge in [0.25, 0.3) is 0 Å². The minimum absolute atomic E-state index is 0.508. The number of aliphatic hydroxyl groups is 1. The van der Waals surface area contributed by atoms with Crippen molar-refractivity contribution in [3.05, 3.63) is 59.9 Å². The second-order valence-corrected chi connectivity index (χ2v) is 6.51. The van der Waals surface area contributed by atoms with Crippen LogP contribution in [-0.4, -0.2) is 21.8 Å². The van der Waals surface area contributed by atoms with Crippen LogP contribution < -0.4 is 5.32 Å². The van der Waals surface area contributed by atoms with Crippen LogP contribution in [0.1, 0.15) is 52.7 Å². The fraction of sp³-hybridized carbons (Fsp3) is 0.400. The fourth-order valence-electron chi connectivity index (χ4n) is 2.14. The molecule has 2 N–H and O–H groups in total. The zero-order valence-electron chi connectivity index (χ0n) is 15.8. The highest BCUT2D eigenvalue weighted by atomic mass is 16.6. The minimum Gasteiger partial charge on any atom is -0.444 e. The quantitative estimate of drug-likeness (QED) is 0.846. The number of hydrogen-bond donors (Lipinski definition) is 2. The largest absolute Gasteiger partial charge is 0.444 e. The van der Waals surface area contributed by atoms with Gasteiger partial charge in [0.05, 0.1) is 0 Å². The van der Waals surface area contributed by atoms with Gasteiger partial charge in [-0.05, 0) is 63.1 Å². The molecule has 0 aliphatic rings. The summed E-state index contributed by atoms with van der Waals surface area (Å²) < 4.78 is 5.20. The first kappa shape index (κ1) is 20.6. The molecular formula is C20H28N2O3. The third kappa shape index (κ3) is 6.19. The van der Waals surface area contributed by atoms with Crippen molar-refractivity contribution < 1.29 is 14.6 Å². The van der Waals surface area contributed by atoms with Crippen LogP contribution in [-0.2, 0) is 10.3 Å². The van der Waals surface area contributed by atoms with E-state index in [9.17, 15) is 9.90 Å². The highest BCUT2D eigenvalue weighted by molar-refractivity contribution is 5.84. The van der Waals surface area contributed by atoms with Gasteiger partial charge in [-0.15, -0.1) is 0 Å². The number of amides is 1. The monoisotopic (exact) mass is 344 g/mol. The lowest BCUT2D eigenvalue weighted by Gasteiger charge is -2.24. The molecule has 1 unspecified atom stereocenters. The van der Waals surface area contributed by atoms with E-state index in [-0.39, 0.29) is 0 Å². The molecule has 0 aliphatic heterocycles. The van der Waals surface area contributed by atoms with Crippen molar-refractivity contribution in [1.29, 1.82) is 0 Å². The molecule has 136 valence electrons. The Morgan fingerprint density at radius 3 is 1.92 bits per heavy atom. The zero-order valence-corrected chi connectivity index (χ0v) is 15.8. The Bertz CT molecular complexity index is 660. The fourth-order valence-corrected chi connectivity index (χ4v) is 2.14. The third-order valence-corrected chi connectivity index (χ3v) is 3.33. The van der Waals surface area contributed by atoms with Crippen LogP contribution in [0.2, 0.25) is 0 Å². The highest BCUT2D eigenvalue weighted by Crippen LogP contribution is 2.29. The summed E-state index contributed by atoms with van der Waals surface area (Å²) in [5.74, 6) is 0. The molecule has 0 saturated carbocycles. The van der Waals surface area contributed by atoms with Crippen molar-refractivity contribution in [3.8, 4) is 0 Å². The SMILES string of the molecule is CC.CC(C)(C)OC(=O)Nc1ccc(C(C)(O)c2ccncc2)cc1. The van der Waals surface area contributed by atoms with Crippen molar-refractivity contribution in [2.45, 2.75) is 52.7 Å².